The van der Waals surface area contributed by atoms with Crippen LogP contribution < -0.4 is 5.73 Å². The minimum absolute atomic E-state index is 0.111. The number of hydrogen-bond donors (Lipinski definition) is 1. The SMILES string of the molecule is CCCn1c(CN)nnc1SCC(=O)N1CCOC(C)C1. The smallest absolute Gasteiger partial charge is 0.233 e. The summed E-state index contributed by atoms with van der Waals surface area (Å²) in [5.74, 6) is 1.27. The van der Waals surface area contributed by atoms with Crippen molar-refractivity contribution < 1.29 is 9.53 Å². The molecule has 1 aliphatic heterocycles. The molecule has 21 heavy (non-hydrogen) atoms. The first kappa shape index (κ1) is 16.3. The monoisotopic (exact) mass is 313 g/mol. The van der Waals surface area contributed by atoms with Gasteiger partial charge in [0.1, 0.15) is 5.82 Å². The lowest BCUT2D eigenvalue weighted by Gasteiger charge is -2.31. The van der Waals surface area contributed by atoms with Crippen molar-refractivity contribution in [2.75, 3.05) is 25.4 Å². The lowest BCUT2D eigenvalue weighted by Crippen LogP contribution is -2.45. The molecule has 118 valence electrons. The zero-order chi connectivity index (χ0) is 15.2. The van der Waals surface area contributed by atoms with E-state index in [1.54, 1.807) is 0 Å². The third kappa shape index (κ3) is 4.18. The van der Waals surface area contributed by atoms with Gasteiger partial charge in [-0.05, 0) is 13.3 Å². The van der Waals surface area contributed by atoms with Gasteiger partial charge in [0.05, 0.1) is 25.0 Å². The summed E-state index contributed by atoms with van der Waals surface area (Å²) >= 11 is 1.43. The second-order valence-corrected chi connectivity index (χ2v) is 6.01. The molecule has 2 N–H and O–H groups in total. The predicted octanol–water partition coefficient (Wildman–Crippen LogP) is 0.486. The Morgan fingerprint density at radius 3 is 3.00 bits per heavy atom. The molecule has 2 rings (SSSR count). The highest BCUT2D eigenvalue weighted by Gasteiger charge is 2.22. The molecule has 1 aromatic heterocycles. The number of carbonyl (C=O) groups excluding carboxylic acids is 1. The number of rotatable bonds is 6. The minimum Gasteiger partial charge on any atom is -0.375 e. The zero-order valence-corrected chi connectivity index (χ0v) is 13.4. The first-order valence-corrected chi connectivity index (χ1v) is 8.28. The average molecular weight is 313 g/mol. The molecule has 2 heterocycles. The molecule has 1 aliphatic rings. The molecule has 1 saturated heterocycles. The van der Waals surface area contributed by atoms with Gasteiger partial charge in [-0.25, -0.2) is 0 Å². The molecule has 0 radical (unpaired) electrons. The Bertz CT molecular complexity index is 479. The fraction of sp³-hybridized carbons (Fsp3) is 0.769. The summed E-state index contributed by atoms with van der Waals surface area (Å²) in [6.07, 6.45) is 1.09. The second-order valence-electron chi connectivity index (χ2n) is 5.06. The van der Waals surface area contributed by atoms with E-state index in [1.807, 2.05) is 16.4 Å². The highest BCUT2D eigenvalue weighted by atomic mass is 32.2. The van der Waals surface area contributed by atoms with Crippen LogP contribution in [0.4, 0.5) is 0 Å². The van der Waals surface area contributed by atoms with E-state index in [0.717, 1.165) is 23.9 Å². The predicted molar refractivity (Wildman–Crippen MR) is 80.9 cm³/mol. The molecule has 1 amide bonds. The van der Waals surface area contributed by atoms with E-state index in [9.17, 15) is 4.79 Å². The molecule has 0 bridgehead atoms. The number of morpholine rings is 1. The summed E-state index contributed by atoms with van der Waals surface area (Å²) in [7, 11) is 0. The molecule has 8 heteroatoms. The maximum absolute atomic E-state index is 12.2. The Hall–Kier alpha value is -1.12. The van der Waals surface area contributed by atoms with Crippen molar-refractivity contribution in [3.63, 3.8) is 0 Å². The molecular formula is C13H23N5O2S. The van der Waals surface area contributed by atoms with Gasteiger partial charge in [0.15, 0.2) is 5.16 Å². The summed E-state index contributed by atoms with van der Waals surface area (Å²) in [5, 5.41) is 8.99. The van der Waals surface area contributed by atoms with Gasteiger partial charge in [0.25, 0.3) is 0 Å². The number of hydrogen-bond acceptors (Lipinski definition) is 6. The van der Waals surface area contributed by atoms with Crippen LogP contribution >= 0.6 is 11.8 Å². The molecule has 1 atom stereocenters. The molecule has 1 aromatic rings. The molecule has 0 spiro atoms. The van der Waals surface area contributed by atoms with E-state index < -0.39 is 0 Å². The van der Waals surface area contributed by atoms with Crippen LogP contribution in [0.15, 0.2) is 5.16 Å². The Morgan fingerprint density at radius 2 is 2.33 bits per heavy atom. The zero-order valence-electron chi connectivity index (χ0n) is 12.6. The fourth-order valence-electron chi connectivity index (χ4n) is 2.29. The number of nitrogens with zero attached hydrogens (tertiary/aromatic N) is 4. The van der Waals surface area contributed by atoms with Crippen LogP contribution in [0.25, 0.3) is 0 Å². The Kier molecular flexibility index (Phi) is 6.01. The van der Waals surface area contributed by atoms with Gasteiger partial charge in [-0.3, -0.25) is 4.79 Å². The average Bonchev–Trinajstić information content (AvgIpc) is 2.87. The molecule has 7 nitrogen and oxygen atoms in total. The summed E-state index contributed by atoms with van der Waals surface area (Å²) in [4.78, 5) is 14.1. The maximum atomic E-state index is 12.2. The van der Waals surface area contributed by atoms with Crippen molar-refractivity contribution in [1.29, 1.82) is 0 Å². The van der Waals surface area contributed by atoms with Crippen molar-refractivity contribution in [1.82, 2.24) is 19.7 Å². The van der Waals surface area contributed by atoms with Crippen molar-refractivity contribution in [3.05, 3.63) is 5.82 Å². The van der Waals surface area contributed by atoms with E-state index in [-0.39, 0.29) is 12.0 Å². The number of amides is 1. The van der Waals surface area contributed by atoms with Crippen LogP contribution in [0.2, 0.25) is 0 Å². The van der Waals surface area contributed by atoms with Crippen molar-refractivity contribution in [2.24, 2.45) is 5.73 Å². The standard InChI is InChI=1S/C13H23N5O2S/c1-3-4-18-11(7-14)15-16-13(18)21-9-12(19)17-5-6-20-10(2)8-17/h10H,3-9,14H2,1-2H3. The minimum atomic E-state index is 0.111. The van der Waals surface area contributed by atoms with E-state index in [0.29, 0.717) is 32.0 Å². The lowest BCUT2D eigenvalue weighted by atomic mass is 10.3. The van der Waals surface area contributed by atoms with Gasteiger partial charge in [-0.1, -0.05) is 18.7 Å². The molecule has 1 unspecified atom stereocenters. The topological polar surface area (TPSA) is 86.3 Å². The van der Waals surface area contributed by atoms with Crippen molar-refractivity contribution >= 4 is 17.7 Å². The van der Waals surface area contributed by atoms with E-state index in [1.165, 1.54) is 11.8 Å². The van der Waals surface area contributed by atoms with E-state index in [2.05, 4.69) is 17.1 Å². The van der Waals surface area contributed by atoms with Gasteiger partial charge in [-0.15, -0.1) is 10.2 Å². The highest BCUT2D eigenvalue weighted by Crippen LogP contribution is 2.18. The number of thioether (sulfide) groups is 1. The number of aromatic nitrogens is 3. The summed E-state index contributed by atoms with van der Waals surface area (Å²) < 4.78 is 7.45. The van der Waals surface area contributed by atoms with Crippen molar-refractivity contribution in [3.8, 4) is 0 Å². The van der Waals surface area contributed by atoms with E-state index >= 15 is 0 Å². The molecule has 0 saturated carbocycles. The summed E-state index contributed by atoms with van der Waals surface area (Å²) in [6.45, 7) is 7.20. The first-order chi connectivity index (χ1) is 10.2. The summed E-state index contributed by atoms with van der Waals surface area (Å²) in [5.41, 5.74) is 5.66. The van der Waals surface area contributed by atoms with Crippen molar-refractivity contribution in [2.45, 2.75) is 44.6 Å². The van der Waals surface area contributed by atoms with Crippen LogP contribution in [0.3, 0.4) is 0 Å². The molecule has 0 aromatic carbocycles. The largest absolute Gasteiger partial charge is 0.375 e. The van der Waals surface area contributed by atoms with Gasteiger partial charge < -0.3 is 19.9 Å². The molecule has 1 fully saturated rings. The van der Waals surface area contributed by atoms with Crippen LogP contribution in [0.1, 0.15) is 26.1 Å². The Morgan fingerprint density at radius 1 is 1.52 bits per heavy atom. The van der Waals surface area contributed by atoms with Crippen LogP contribution in [-0.4, -0.2) is 57.1 Å². The third-order valence-electron chi connectivity index (χ3n) is 3.34. The van der Waals surface area contributed by atoms with Gasteiger partial charge in [0.2, 0.25) is 5.91 Å². The van der Waals surface area contributed by atoms with Crippen LogP contribution in [0, 0.1) is 0 Å². The first-order valence-electron chi connectivity index (χ1n) is 7.30. The number of carbonyl (C=O) groups is 1. The maximum Gasteiger partial charge on any atom is 0.233 e. The number of nitrogens with two attached hydrogens (primary N) is 1. The normalized spacial score (nSPS) is 19.0. The van der Waals surface area contributed by atoms with Gasteiger partial charge >= 0.3 is 0 Å². The molecule has 0 aliphatic carbocycles. The fourth-order valence-corrected chi connectivity index (χ4v) is 3.17. The number of ether oxygens (including phenoxy) is 1. The quantitative estimate of drug-likeness (QED) is 0.769. The van der Waals surface area contributed by atoms with E-state index in [4.69, 9.17) is 10.5 Å². The van der Waals surface area contributed by atoms with Gasteiger partial charge in [-0.2, -0.15) is 0 Å². The van der Waals surface area contributed by atoms with Gasteiger partial charge in [0, 0.05) is 19.6 Å². The van der Waals surface area contributed by atoms with Crippen LogP contribution in [-0.2, 0) is 22.6 Å². The highest BCUT2D eigenvalue weighted by molar-refractivity contribution is 7.99. The molecular weight excluding hydrogens is 290 g/mol. The van der Waals surface area contributed by atoms with Crippen LogP contribution in [0.5, 0.6) is 0 Å². The lowest BCUT2D eigenvalue weighted by molar-refractivity contribution is -0.135. The Balaban J connectivity index is 1.93. The summed E-state index contributed by atoms with van der Waals surface area (Å²) in [6, 6.07) is 0. The third-order valence-corrected chi connectivity index (χ3v) is 4.29. The Labute approximate surface area is 129 Å². The second kappa shape index (κ2) is 7.77.